The van der Waals surface area contributed by atoms with Crippen LogP contribution >= 0.6 is 11.6 Å². The van der Waals surface area contributed by atoms with E-state index in [4.69, 9.17) is 30.5 Å². The highest BCUT2D eigenvalue weighted by atomic mass is 35.5. The molecule has 0 fully saturated rings. The van der Waals surface area contributed by atoms with E-state index in [2.05, 4.69) is 18.4 Å². The van der Waals surface area contributed by atoms with Crippen LogP contribution in [0.2, 0.25) is 5.02 Å². The first kappa shape index (κ1) is 28.6. The fraction of sp³-hybridized carbons (Fsp3) is 0.258. The zero-order valence-corrected chi connectivity index (χ0v) is 22.1. The normalized spacial score (nSPS) is 11.0. The quantitative estimate of drug-likeness (QED) is 0.0888. The van der Waals surface area contributed by atoms with Crippen molar-refractivity contribution in [2.45, 2.75) is 32.0 Å². The second kappa shape index (κ2) is 15.4. The molecule has 1 N–H and O–H groups in total. The Morgan fingerprint density at radius 2 is 1.58 bits per heavy atom. The van der Waals surface area contributed by atoms with Crippen LogP contribution in [-0.2, 0) is 9.53 Å². The predicted octanol–water partition coefficient (Wildman–Crippen LogP) is 6.49. The first-order valence-corrected chi connectivity index (χ1v) is 12.7. The Labute approximate surface area is 228 Å². The van der Waals surface area contributed by atoms with E-state index in [1.165, 1.54) is 6.08 Å². The number of hydrogen-bond acceptors (Lipinski definition) is 6. The molecule has 0 bridgehead atoms. The molecular formula is C31H31ClO6. The van der Waals surface area contributed by atoms with Crippen LogP contribution in [-0.4, -0.2) is 31.4 Å². The summed E-state index contributed by atoms with van der Waals surface area (Å²) in [4.78, 5) is 11.0. The summed E-state index contributed by atoms with van der Waals surface area (Å²) < 4.78 is 21.5. The van der Waals surface area contributed by atoms with Crippen LogP contribution < -0.4 is 14.2 Å². The summed E-state index contributed by atoms with van der Waals surface area (Å²) in [5.41, 5.74) is 2.08. The van der Waals surface area contributed by atoms with Crippen molar-refractivity contribution in [3.63, 3.8) is 0 Å². The van der Waals surface area contributed by atoms with Gasteiger partial charge in [0.1, 0.15) is 17.2 Å². The molecule has 1 unspecified atom stereocenters. The SMILES string of the molecule is C=CC(=O)OCCCCCCOc1ccc(C(O)Oc2ccc(C#Cc3ccc(OC)cc3)c(Cl)c2)cc1. The van der Waals surface area contributed by atoms with E-state index in [-0.39, 0.29) is 5.97 Å². The second-order valence-electron chi connectivity index (χ2n) is 8.29. The monoisotopic (exact) mass is 534 g/mol. The number of hydrogen-bond donors (Lipinski definition) is 1. The van der Waals surface area contributed by atoms with E-state index in [0.29, 0.717) is 40.9 Å². The average Bonchev–Trinajstić information content (AvgIpc) is 2.94. The highest BCUT2D eigenvalue weighted by Gasteiger charge is 2.11. The Hall–Kier alpha value is -3.92. The summed E-state index contributed by atoms with van der Waals surface area (Å²) in [7, 11) is 1.62. The van der Waals surface area contributed by atoms with E-state index in [1.54, 1.807) is 49.6 Å². The number of carbonyl (C=O) groups is 1. The van der Waals surface area contributed by atoms with Gasteiger partial charge >= 0.3 is 5.97 Å². The number of benzene rings is 3. The fourth-order valence-electron chi connectivity index (χ4n) is 3.39. The molecule has 3 aromatic carbocycles. The van der Waals surface area contributed by atoms with Crippen molar-refractivity contribution in [3.05, 3.63) is 101 Å². The summed E-state index contributed by atoms with van der Waals surface area (Å²) in [5, 5.41) is 10.9. The predicted molar refractivity (Wildman–Crippen MR) is 148 cm³/mol. The summed E-state index contributed by atoms with van der Waals surface area (Å²) >= 11 is 6.38. The number of rotatable bonds is 13. The molecule has 1 atom stereocenters. The molecule has 7 heteroatoms. The molecule has 3 rings (SSSR count). The molecule has 0 heterocycles. The molecule has 0 amide bonds. The topological polar surface area (TPSA) is 74.2 Å². The Balaban J connectivity index is 1.43. The number of halogens is 1. The number of methoxy groups -OCH3 is 1. The molecule has 198 valence electrons. The van der Waals surface area contributed by atoms with E-state index in [0.717, 1.165) is 37.0 Å². The third kappa shape index (κ3) is 9.51. The highest BCUT2D eigenvalue weighted by Crippen LogP contribution is 2.26. The van der Waals surface area contributed by atoms with Crippen molar-refractivity contribution in [3.8, 4) is 29.1 Å². The zero-order chi connectivity index (χ0) is 27.2. The van der Waals surface area contributed by atoms with Gasteiger partial charge < -0.3 is 24.1 Å². The number of unbranched alkanes of at least 4 members (excludes halogenated alkanes) is 3. The van der Waals surface area contributed by atoms with Gasteiger partial charge in [0.05, 0.1) is 25.3 Å². The first-order chi connectivity index (χ1) is 18.5. The summed E-state index contributed by atoms with van der Waals surface area (Å²) in [6, 6.07) is 19.6. The van der Waals surface area contributed by atoms with Crippen LogP contribution in [0.5, 0.6) is 17.2 Å². The number of aliphatic hydroxyl groups excluding tert-OH is 1. The third-order valence-electron chi connectivity index (χ3n) is 5.50. The standard InChI is InChI=1S/C31H31ClO6/c1-3-30(33)37-21-7-5-4-6-20-36-27-17-13-25(14-18-27)31(34)38-28-19-12-24(29(32)22-28)11-8-23-9-15-26(35-2)16-10-23/h3,9-10,12-19,22,31,34H,1,4-7,20-21H2,2H3. The highest BCUT2D eigenvalue weighted by molar-refractivity contribution is 6.31. The molecule has 0 aromatic heterocycles. The molecule has 3 aromatic rings. The van der Waals surface area contributed by atoms with Gasteiger partial charge in [0.15, 0.2) is 0 Å². The van der Waals surface area contributed by atoms with Crippen molar-refractivity contribution in [2.24, 2.45) is 0 Å². The van der Waals surface area contributed by atoms with Gasteiger partial charge in [-0.3, -0.25) is 0 Å². The second-order valence-corrected chi connectivity index (χ2v) is 8.70. The summed E-state index contributed by atoms with van der Waals surface area (Å²) in [6.07, 6.45) is 3.65. The molecule has 0 spiro atoms. The number of aliphatic hydroxyl groups is 1. The molecule has 0 aliphatic heterocycles. The van der Waals surface area contributed by atoms with Gasteiger partial charge in [-0.2, -0.15) is 0 Å². The molecule has 38 heavy (non-hydrogen) atoms. The number of carbonyl (C=O) groups excluding carboxylic acids is 1. The van der Waals surface area contributed by atoms with Gasteiger partial charge in [0.25, 0.3) is 0 Å². The maximum Gasteiger partial charge on any atom is 0.330 e. The van der Waals surface area contributed by atoms with Gasteiger partial charge in [0, 0.05) is 28.8 Å². The lowest BCUT2D eigenvalue weighted by molar-refractivity contribution is -0.137. The van der Waals surface area contributed by atoms with E-state index >= 15 is 0 Å². The zero-order valence-electron chi connectivity index (χ0n) is 21.3. The molecule has 0 saturated heterocycles. The minimum absolute atomic E-state index is 0.388. The molecule has 6 nitrogen and oxygen atoms in total. The molecule has 0 aliphatic carbocycles. The lowest BCUT2D eigenvalue weighted by Gasteiger charge is -2.15. The Bertz CT molecular complexity index is 1240. The molecular weight excluding hydrogens is 504 g/mol. The van der Waals surface area contributed by atoms with Crippen LogP contribution in [0.25, 0.3) is 0 Å². The smallest absolute Gasteiger partial charge is 0.330 e. The minimum atomic E-state index is -1.16. The van der Waals surface area contributed by atoms with Crippen LogP contribution in [0.3, 0.4) is 0 Å². The Morgan fingerprint density at radius 3 is 2.24 bits per heavy atom. The lowest BCUT2D eigenvalue weighted by atomic mass is 10.1. The molecule has 0 aliphatic rings. The lowest BCUT2D eigenvalue weighted by Crippen LogP contribution is -2.06. The van der Waals surface area contributed by atoms with Gasteiger partial charge in [-0.05, 0) is 86.3 Å². The number of esters is 1. The van der Waals surface area contributed by atoms with E-state index in [9.17, 15) is 9.90 Å². The summed E-state index contributed by atoms with van der Waals surface area (Å²) in [5.74, 6) is 7.64. The van der Waals surface area contributed by atoms with Crippen molar-refractivity contribution >= 4 is 17.6 Å². The maximum atomic E-state index is 11.0. The first-order valence-electron chi connectivity index (χ1n) is 12.3. The maximum absolute atomic E-state index is 11.0. The largest absolute Gasteiger partial charge is 0.497 e. The van der Waals surface area contributed by atoms with Gasteiger partial charge in [-0.1, -0.05) is 30.0 Å². The third-order valence-corrected chi connectivity index (χ3v) is 5.82. The Morgan fingerprint density at radius 1 is 0.921 bits per heavy atom. The van der Waals surface area contributed by atoms with E-state index in [1.807, 2.05) is 24.3 Å². The molecule has 0 radical (unpaired) electrons. The Kier molecular flexibility index (Phi) is 11.6. The van der Waals surface area contributed by atoms with Crippen LogP contribution in [0.1, 0.15) is 48.7 Å². The average molecular weight is 535 g/mol. The van der Waals surface area contributed by atoms with Crippen LogP contribution in [0, 0.1) is 11.8 Å². The fourth-order valence-corrected chi connectivity index (χ4v) is 3.61. The van der Waals surface area contributed by atoms with Gasteiger partial charge in [-0.25, -0.2) is 4.79 Å². The van der Waals surface area contributed by atoms with Crippen molar-refractivity contribution in [1.82, 2.24) is 0 Å². The van der Waals surface area contributed by atoms with E-state index < -0.39 is 6.29 Å². The van der Waals surface area contributed by atoms with Gasteiger partial charge in [-0.15, -0.1) is 0 Å². The molecule has 0 saturated carbocycles. The number of ether oxygens (including phenoxy) is 4. The van der Waals surface area contributed by atoms with Crippen molar-refractivity contribution < 1.29 is 28.8 Å². The minimum Gasteiger partial charge on any atom is -0.497 e. The van der Waals surface area contributed by atoms with Crippen molar-refractivity contribution in [1.29, 1.82) is 0 Å². The van der Waals surface area contributed by atoms with Gasteiger partial charge in [0.2, 0.25) is 6.29 Å². The van der Waals surface area contributed by atoms with Crippen molar-refractivity contribution in [2.75, 3.05) is 20.3 Å². The van der Waals surface area contributed by atoms with Crippen LogP contribution in [0.4, 0.5) is 0 Å². The van der Waals surface area contributed by atoms with Crippen LogP contribution in [0.15, 0.2) is 79.4 Å². The summed E-state index contributed by atoms with van der Waals surface area (Å²) in [6.45, 7) is 4.35.